The molecule has 0 radical (unpaired) electrons. The second-order valence-corrected chi connectivity index (χ2v) is 13.1. The first-order valence-corrected chi connectivity index (χ1v) is 15.2. The van der Waals surface area contributed by atoms with E-state index in [4.69, 9.17) is 0 Å². The first-order chi connectivity index (χ1) is 14.4. The molecule has 0 aliphatic rings. The third-order valence-electron chi connectivity index (χ3n) is 3.96. The predicted octanol–water partition coefficient (Wildman–Crippen LogP) is 0.0597. The quantitative estimate of drug-likeness (QED) is 0.243. The molecule has 2 aromatic carbocycles. The van der Waals surface area contributed by atoms with Crippen LogP contribution in [-0.4, -0.2) is 84.8 Å². The Morgan fingerprint density at radius 2 is 0.939 bits per heavy atom. The molecule has 0 unspecified atom stereocenters. The van der Waals surface area contributed by atoms with Gasteiger partial charge in [0.2, 0.25) is 20.0 Å². The minimum absolute atomic E-state index is 0. The molecule has 0 aliphatic carbocycles. The first kappa shape index (κ1) is 29.8. The summed E-state index contributed by atoms with van der Waals surface area (Å²) in [6.07, 6.45) is 1.45. The van der Waals surface area contributed by atoms with Gasteiger partial charge in [-0.2, -0.15) is 16.8 Å². The molecule has 0 aromatic heterocycles. The molecule has 4 N–H and O–H groups in total. The summed E-state index contributed by atoms with van der Waals surface area (Å²) in [4.78, 5) is -1.18. The Morgan fingerprint density at radius 3 is 1.18 bits per heavy atom. The molecule has 12 nitrogen and oxygen atoms in total. The number of anilines is 2. The summed E-state index contributed by atoms with van der Waals surface area (Å²) in [5.41, 5.74) is -0.130. The molecule has 0 saturated carbocycles. The normalized spacial score (nSPS) is 12.6. The fraction of sp³-hybridized carbons (Fsp3) is 0.250. The van der Waals surface area contributed by atoms with E-state index >= 15 is 0 Å². The molecule has 2 aromatic rings. The summed E-state index contributed by atoms with van der Waals surface area (Å²) in [6.45, 7) is 0. The molecule has 0 saturated heterocycles. The van der Waals surface area contributed by atoms with Crippen LogP contribution >= 0.6 is 0 Å². The van der Waals surface area contributed by atoms with Gasteiger partial charge in [-0.3, -0.25) is 18.5 Å². The third-order valence-corrected chi connectivity index (χ3v) is 7.04. The second-order valence-electron chi connectivity index (χ2n) is 6.84. The van der Waals surface area contributed by atoms with Gasteiger partial charge in [-0.25, -0.2) is 16.8 Å². The SMILES string of the molecule is CS(=O)(=O)Nc1ccc(CCc2ccc(NS(C)(=O)=O)cc2S(=O)(=O)O)c(S(=O)(=O)O)c1.[NaH]. The van der Waals surface area contributed by atoms with Crippen molar-refractivity contribution in [2.75, 3.05) is 22.0 Å². The molecule has 0 atom stereocenters. The van der Waals surface area contributed by atoms with Gasteiger partial charge in [0.1, 0.15) is 0 Å². The van der Waals surface area contributed by atoms with Gasteiger partial charge in [-0.05, 0) is 48.2 Å². The zero-order chi connectivity index (χ0) is 24.5. The third kappa shape index (κ3) is 9.50. The fourth-order valence-electron chi connectivity index (χ4n) is 2.83. The van der Waals surface area contributed by atoms with Crippen molar-refractivity contribution in [2.45, 2.75) is 22.6 Å². The van der Waals surface area contributed by atoms with E-state index in [0.29, 0.717) is 0 Å². The van der Waals surface area contributed by atoms with Crippen LogP contribution in [0.2, 0.25) is 0 Å². The van der Waals surface area contributed by atoms with Gasteiger partial charge >= 0.3 is 29.6 Å². The van der Waals surface area contributed by atoms with Gasteiger partial charge in [0, 0.05) is 11.4 Å². The Balaban J connectivity index is 0.00000544. The van der Waals surface area contributed by atoms with Crippen LogP contribution in [0.25, 0.3) is 0 Å². The number of rotatable bonds is 9. The van der Waals surface area contributed by atoms with Crippen LogP contribution in [0.3, 0.4) is 0 Å². The van der Waals surface area contributed by atoms with E-state index in [-0.39, 0.29) is 64.9 Å². The summed E-state index contributed by atoms with van der Waals surface area (Å²) in [6, 6.07) is 6.82. The van der Waals surface area contributed by atoms with E-state index in [1.165, 1.54) is 24.3 Å². The molecular weight excluding hydrogens is 531 g/mol. The Hall–Kier alpha value is -1.24. The molecule has 0 amide bonds. The molecule has 0 aliphatic heterocycles. The number of sulfonamides is 2. The predicted molar refractivity (Wildman–Crippen MR) is 124 cm³/mol. The summed E-state index contributed by atoms with van der Waals surface area (Å²) >= 11 is 0. The van der Waals surface area contributed by atoms with Crippen molar-refractivity contribution >= 4 is 81.2 Å². The van der Waals surface area contributed by atoms with Crippen molar-refractivity contribution in [3.8, 4) is 0 Å². The fourth-order valence-corrected chi connectivity index (χ4v) is 5.49. The molecular formula is C16H21N2NaO10S4. The summed E-state index contributed by atoms with van der Waals surface area (Å²) < 4.78 is 116. The van der Waals surface area contributed by atoms with Gasteiger partial charge in [0.15, 0.2) is 0 Å². The van der Waals surface area contributed by atoms with Crippen molar-refractivity contribution in [1.82, 2.24) is 0 Å². The van der Waals surface area contributed by atoms with Crippen molar-refractivity contribution in [3.63, 3.8) is 0 Å². The van der Waals surface area contributed by atoms with Gasteiger partial charge in [-0.1, -0.05) is 12.1 Å². The van der Waals surface area contributed by atoms with Crippen LogP contribution in [0, 0.1) is 0 Å². The van der Waals surface area contributed by atoms with Crippen molar-refractivity contribution in [1.29, 1.82) is 0 Å². The van der Waals surface area contributed by atoms with Crippen LogP contribution < -0.4 is 9.44 Å². The molecule has 0 fully saturated rings. The molecule has 0 heterocycles. The molecule has 33 heavy (non-hydrogen) atoms. The molecule has 180 valence electrons. The standard InChI is InChI=1S/C16H20N2O10S4.Na.H/c1-29(19,20)17-13-7-5-11(15(9-13)31(23,24)25)3-4-12-6-8-14(18-30(2,21)22)10-16(12)32(26,27)28;;/h5-10,17-18H,3-4H2,1-2H3,(H,23,24,25)(H,26,27,28);;. The van der Waals surface area contributed by atoms with E-state index < -0.39 is 50.1 Å². The Morgan fingerprint density at radius 1 is 0.636 bits per heavy atom. The van der Waals surface area contributed by atoms with Crippen LogP contribution in [0.4, 0.5) is 11.4 Å². The Labute approximate surface area is 214 Å². The van der Waals surface area contributed by atoms with Crippen molar-refractivity contribution in [2.24, 2.45) is 0 Å². The molecule has 17 heteroatoms. The van der Waals surface area contributed by atoms with Gasteiger partial charge in [-0.15, -0.1) is 0 Å². The van der Waals surface area contributed by atoms with Gasteiger partial charge in [0.25, 0.3) is 20.2 Å². The molecule has 0 bridgehead atoms. The number of hydrogen-bond donors (Lipinski definition) is 4. The van der Waals surface area contributed by atoms with E-state index in [1.54, 1.807) is 0 Å². The van der Waals surface area contributed by atoms with Gasteiger partial charge in [0.05, 0.1) is 22.3 Å². The average Bonchev–Trinajstić information content (AvgIpc) is 2.57. The number of benzene rings is 2. The van der Waals surface area contributed by atoms with Crippen LogP contribution in [0.5, 0.6) is 0 Å². The summed E-state index contributed by atoms with van der Waals surface area (Å²) in [5, 5.41) is 0. The Bertz CT molecular complexity index is 1360. The first-order valence-electron chi connectivity index (χ1n) is 8.51. The zero-order valence-corrected chi connectivity index (χ0v) is 19.9. The van der Waals surface area contributed by atoms with Crippen LogP contribution in [-0.2, 0) is 53.1 Å². The second kappa shape index (κ2) is 10.6. The maximum absolute atomic E-state index is 11.8. The number of aryl methyl sites for hydroxylation is 2. The monoisotopic (exact) mass is 552 g/mol. The molecule has 0 spiro atoms. The van der Waals surface area contributed by atoms with E-state index in [1.807, 2.05) is 0 Å². The Kier molecular flexibility index (Phi) is 9.55. The summed E-state index contributed by atoms with van der Waals surface area (Å²) in [7, 11) is -17.0. The zero-order valence-electron chi connectivity index (χ0n) is 16.7. The summed E-state index contributed by atoms with van der Waals surface area (Å²) in [5.74, 6) is 0. The average molecular weight is 553 g/mol. The van der Waals surface area contributed by atoms with Crippen LogP contribution in [0.1, 0.15) is 11.1 Å². The molecule has 2 rings (SSSR count). The number of nitrogens with one attached hydrogen (secondary N) is 2. The van der Waals surface area contributed by atoms with Crippen molar-refractivity contribution < 1.29 is 42.8 Å². The minimum atomic E-state index is -4.76. The topological polar surface area (TPSA) is 201 Å². The van der Waals surface area contributed by atoms with Crippen LogP contribution in [0.15, 0.2) is 46.2 Å². The van der Waals surface area contributed by atoms with Crippen molar-refractivity contribution in [3.05, 3.63) is 47.5 Å². The van der Waals surface area contributed by atoms with E-state index in [2.05, 4.69) is 9.44 Å². The maximum atomic E-state index is 11.8. The van der Waals surface area contributed by atoms with E-state index in [0.717, 1.165) is 24.6 Å². The number of hydrogen-bond acceptors (Lipinski definition) is 8. The van der Waals surface area contributed by atoms with E-state index in [9.17, 15) is 42.8 Å². The van der Waals surface area contributed by atoms with Gasteiger partial charge < -0.3 is 0 Å².